The fraction of sp³-hybridized carbons (Fsp3) is 1.00. The quantitative estimate of drug-likeness (QED) is 0.765. The third-order valence-corrected chi connectivity index (χ3v) is 7.29. The molecule has 1 aliphatic carbocycles. The first-order chi connectivity index (χ1) is 9.82. The van der Waals surface area contributed by atoms with E-state index in [1.54, 1.807) is 4.31 Å². The molecule has 5 nitrogen and oxygen atoms in total. The Balaban J connectivity index is 2.00. The molecule has 1 heterocycles. The lowest BCUT2D eigenvalue weighted by Crippen LogP contribution is -2.59. The number of hydrogen-bond acceptors (Lipinski definition) is 4. The van der Waals surface area contributed by atoms with Crippen LogP contribution in [-0.4, -0.2) is 80.1 Å². The van der Waals surface area contributed by atoms with E-state index >= 15 is 0 Å². The second-order valence-electron chi connectivity index (χ2n) is 7.01. The van der Waals surface area contributed by atoms with Gasteiger partial charge in [0.2, 0.25) is 10.0 Å². The first-order valence-electron chi connectivity index (χ1n) is 8.22. The summed E-state index contributed by atoms with van der Waals surface area (Å²) in [7, 11) is 1.07. The van der Waals surface area contributed by atoms with E-state index in [1.165, 1.54) is 0 Å². The molecule has 0 spiro atoms. The number of rotatable bonds is 5. The molecule has 1 saturated heterocycles. The molecule has 1 saturated carbocycles. The van der Waals surface area contributed by atoms with Crippen molar-refractivity contribution in [3.05, 3.63) is 0 Å². The van der Waals surface area contributed by atoms with E-state index in [-0.39, 0.29) is 5.25 Å². The summed E-state index contributed by atoms with van der Waals surface area (Å²) < 4.78 is 27.3. The molecule has 2 aliphatic rings. The van der Waals surface area contributed by atoms with Crippen LogP contribution in [0.25, 0.3) is 0 Å². The molecule has 124 valence electrons. The highest BCUT2D eigenvalue weighted by Crippen LogP contribution is 2.29. The van der Waals surface area contributed by atoms with Gasteiger partial charge in [0, 0.05) is 38.3 Å². The van der Waals surface area contributed by atoms with Crippen molar-refractivity contribution in [2.45, 2.75) is 56.9 Å². The zero-order valence-electron chi connectivity index (χ0n) is 14.0. The molecule has 0 aromatic rings. The molecule has 2 atom stereocenters. The third kappa shape index (κ3) is 3.97. The van der Waals surface area contributed by atoms with Gasteiger partial charge in [-0.25, -0.2) is 8.42 Å². The van der Waals surface area contributed by atoms with Gasteiger partial charge in [0.1, 0.15) is 0 Å². The van der Waals surface area contributed by atoms with Gasteiger partial charge in [0.25, 0.3) is 0 Å². The Morgan fingerprint density at radius 2 is 1.57 bits per heavy atom. The Morgan fingerprint density at radius 1 is 1.05 bits per heavy atom. The van der Waals surface area contributed by atoms with Crippen molar-refractivity contribution in [3.63, 3.8) is 0 Å². The largest absolute Gasteiger partial charge is 0.308 e. The van der Waals surface area contributed by atoms with Gasteiger partial charge < -0.3 is 4.90 Å². The Bertz CT molecular complexity index is 420. The second-order valence-corrected chi connectivity index (χ2v) is 9.22. The molecule has 0 radical (unpaired) electrons. The summed E-state index contributed by atoms with van der Waals surface area (Å²) >= 11 is 0. The number of likely N-dealkylation sites (N-methyl/N-ethyl adjacent to an activating group) is 1. The Labute approximate surface area is 130 Å². The molecule has 0 aromatic carbocycles. The maximum absolute atomic E-state index is 12.8. The van der Waals surface area contributed by atoms with Crippen LogP contribution in [0.2, 0.25) is 0 Å². The van der Waals surface area contributed by atoms with E-state index in [9.17, 15) is 8.42 Å². The summed E-state index contributed by atoms with van der Waals surface area (Å²) in [6.07, 6.45) is 3.84. The van der Waals surface area contributed by atoms with Crippen molar-refractivity contribution < 1.29 is 8.42 Å². The first-order valence-corrected chi connectivity index (χ1v) is 9.72. The first kappa shape index (κ1) is 17.2. The maximum atomic E-state index is 12.8. The molecule has 6 heteroatoms. The molecule has 0 aromatic heterocycles. The minimum Gasteiger partial charge on any atom is -0.308 e. The van der Waals surface area contributed by atoms with Gasteiger partial charge in [-0.15, -0.1) is 0 Å². The highest BCUT2D eigenvalue weighted by Gasteiger charge is 2.39. The van der Waals surface area contributed by atoms with Crippen LogP contribution in [0.3, 0.4) is 0 Å². The van der Waals surface area contributed by atoms with Crippen molar-refractivity contribution in [3.8, 4) is 0 Å². The van der Waals surface area contributed by atoms with Crippen molar-refractivity contribution in [2.24, 2.45) is 0 Å². The molecule has 1 aliphatic heterocycles. The van der Waals surface area contributed by atoms with Crippen LogP contribution in [0.5, 0.6) is 0 Å². The van der Waals surface area contributed by atoms with Gasteiger partial charge in [-0.1, -0.05) is 12.8 Å². The summed E-state index contributed by atoms with van der Waals surface area (Å²) in [6.45, 7) is 7.63. The normalized spacial score (nSPS) is 30.3. The minimum absolute atomic E-state index is 0.120. The lowest BCUT2D eigenvalue weighted by Gasteiger charge is -2.44. The van der Waals surface area contributed by atoms with Gasteiger partial charge >= 0.3 is 0 Å². The zero-order valence-corrected chi connectivity index (χ0v) is 14.8. The molecule has 21 heavy (non-hydrogen) atoms. The highest BCUT2D eigenvalue weighted by atomic mass is 32.2. The Hall–Kier alpha value is -0.170. The van der Waals surface area contributed by atoms with E-state index in [0.29, 0.717) is 25.2 Å². The van der Waals surface area contributed by atoms with Crippen molar-refractivity contribution >= 4 is 10.0 Å². The van der Waals surface area contributed by atoms with Gasteiger partial charge in [-0.2, -0.15) is 4.31 Å². The molecular formula is C15H31N3O2S. The fourth-order valence-electron chi connectivity index (χ4n) is 3.67. The van der Waals surface area contributed by atoms with E-state index in [0.717, 1.165) is 38.8 Å². The van der Waals surface area contributed by atoms with Crippen LogP contribution in [0.1, 0.15) is 39.5 Å². The summed E-state index contributed by atoms with van der Waals surface area (Å²) in [6, 6.07) is 0.592. The topological polar surface area (TPSA) is 43.9 Å². The van der Waals surface area contributed by atoms with Gasteiger partial charge in [0.05, 0.1) is 5.25 Å². The predicted molar refractivity (Wildman–Crippen MR) is 86.9 cm³/mol. The van der Waals surface area contributed by atoms with E-state index in [1.807, 2.05) is 0 Å². The fourth-order valence-corrected chi connectivity index (χ4v) is 5.87. The lowest BCUT2D eigenvalue weighted by atomic mass is 10.1. The summed E-state index contributed by atoms with van der Waals surface area (Å²) in [5, 5.41) is -0.120. The monoisotopic (exact) mass is 317 g/mol. The average Bonchev–Trinajstić information content (AvgIpc) is 2.91. The van der Waals surface area contributed by atoms with Crippen LogP contribution in [0.15, 0.2) is 0 Å². The van der Waals surface area contributed by atoms with Gasteiger partial charge in [-0.05, 0) is 40.8 Å². The van der Waals surface area contributed by atoms with Crippen LogP contribution in [0, 0.1) is 0 Å². The molecule has 0 bridgehead atoms. The molecule has 2 unspecified atom stereocenters. The second kappa shape index (κ2) is 6.94. The number of piperazine rings is 1. The van der Waals surface area contributed by atoms with Crippen LogP contribution in [0.4, 0.5) is 0 Å². The van der Waals surface area contributed by atoms with E-state index in [4.69, 9.17) is 0 Å². The van der Waals surface area contributed by atoms with Crippen molar-refractivity contribution in [1.82, 2.24) is 14.1 Å². The molecular weight excluding hydrogens is 286 g/mol. The lowest BCUT2D eigenvalue weighted by molar-refractivity contribution is 0.0704. The minimum atomic E-state index is -3.09. The molecule has 0 N–H and O–H groups in total. The predicted octanol–water partition coefficient (Wildman–Crippen LogP) is 1.22. The maximum Gasteiger partial charge on any atom is 0.217 e. The summed E-state index contributed by atoms with van der Waals surface area (Å²) in [5.74, 6) is 0. The smallest absolute Gasteiger partial charge is 0.217 e. The summed E-state index contributed by atoms with van der Waals surface area (Å²) in [5.41, 5.74) is 0. The highest BCUT2D eigenvalue weighted by molar-refractivity contribution is 7.89. The van der Waals surface area contributed by atoms with Gasteiger partial charge in [0.15, 0.2) is 0 Å². The van der Waals surface area contributed by atoms with Gasteiger partial charge in [-0.3, -0.25) is 4.90 Å². The zero-order chi connectivity index (χ0) is 15.6. The van der Waals surface area contributed by atoms with Crippen molar-refractivity contribution in [2.75, 3.05) is 40.3 Å². The number of sulfonamides is 1. The standard InChI is InChI=1S/C15H31N3O2S/c1-13-11-17(21(19,20)15-7-5-6-8-15)12-14(2)18(13)10-9-16(3)4/h13-15H,5-12H2,1-4H3. The summed E-state index contributed by atoms with van der Waals surface area (Å²) in [4.78, 5) is 4.63. The van der Waals surface area contributed by atoms with Crippen LogP contribution >= 0.6 is 0 Å². The molecule has 2 rings (SSSR count). The Kier molecular flexibility index (Phi) is 5.68. The molecule has 2 fully saturated rings. The molecule has 0 amide bonds. The number of hydrogen-bond donors (Lipinski definition) is 0. The average molecular weight is 317 g/mol. The Morgan fingerprint density at radius 3 is 2.05 bits per heavy atom. The van der Waals surface area contributed by atoms with E-state index < -0.39 is 10.0 Å². The van der Waals surface area contributed by atoms with E-state index in [2.05, 4.69) is 37.7 Å². The van der Waals surface area contributed by atoms with Crippen LogP contribution < -0.4 is 0 Å². The third-order valence-electron chi connectivity index (χ3n) is 4.96. The van der Waals surface area contributed by atoms with Crippen LogP contribution in [-0.2, 0) is 10.0 Å². The number of nitrogens with zero attached hydrogens (tertiary/aromatic N) is 3. The van der Waals surface area contributed by atoms with Crippen molar-refractivity contribution in [1.29, 1.82) is 0 Å². The SMILES string of the molecule is CC1CN(S(=O)(=O)C2CCCC2)CC(C)N1CCN(C)C.